The Morgan fingerprint density at radius 1 is 0.397 bits per heavy atom. The lowest BCUT2D eigenvalue weighted by Gasteiger charge is -2.19. The zero-order chi connectivity index (χ0) is 40.7. The van der Waals surface area contributed by atoms with Crippen LogP contribution in [0.15, 0.2) is 157 Å². The van der Waals surface area contributed by atoms with Crippen LogP contribution in [0.2, 0.25) is 0 Å². The lowest BCUT2D eigenvalue weighted by atomic mass is 10.0. The maximum Gasteiger partial charge on any atom is 0.124 e. The second-order valence-electron chi connectivity index (χ2n) is 13.5. The molecule has 0 saturated carbocycles. The van der Waals surface area contributed by atoms with Crippen molar-refractivity contribution in [2.75, 3.05) is 58.0 Å². The Morgan fingerprint density at radius 3 is 0.897 bits per heavy atom. The van der Waals surface area contributed by atoms with Crippen LogP contribution >= 0.6 is 35.3 Å². The molecule has 0 aromatic heterocycles. The summed E-state index contributed by atoms with van der Waals surface area (Å²) in [7, 11) is 0. The highest BCUT2D eigenvalue weighted by molar-refractivity contribution is 7.99. The van der Waals surface area contributed by atoms with Gasteiger partial charge < -0.3 is 15.3 Å². The number of aliphatic imine (C=N–C) groups is 3. The molecule has 0 atom stereocenters. The molecule has 0 unspecified atom stereocenters. The first-order valence-electron chi connectivity index (χ1n) is 19.0. The van der Waals surface area contributed by atoms with Crippen LogP contribution in [0.4, 0.5) is 0 Å². The van der Waals surface area contributed by atoms with Crippen molar-refractivity contribution >= 4 is 53.9 Å². The molecule has 0 radical (unpaired) electrons. The van der Waals surface area contributed by atoms with Gasteiger partial charge in [0.05, 0.1) is 19.6 Å². The van der Waals surface area contributed by atoms with Crippen molar-refractivity contribution in [2.24, 2.45) is 15.0 Å². The molecule has 6 aromatic carbocycles. The minimum atomic E-state index is 0.185. The SMILES string of the molecule is CSc1ccc(-c2ccc(C=NCCN(CCN=Cc3ccc(-c4ccc(SC)cc4)cc3O)CCN=Cc3ccc(-c4ccc(SC)cc4)cc3O)c(O)c2)cc1. The molecule has 0 bridgehead atoms. The van der Waals surface area contributed by atoms with Crippen LogP contribution in [0.5, 0.6) is 17.2 Å². The van der Waals surface area contributed by atoms with E-state index in [1.807, 2.05) is 36.4 Å². The highest BCUT2D eigenvalue weighted by Crippen LogP contribution is 2.30. The van der Waals surface area contributed by atoms with Gasteiger partial charge in [-0.2, -0.15) is 0 Å². The van der Waals surface area contributed by atoms with E-state index in [-0.39, 0.29) is 17.2 Å². The second-order valence-corrected chi connectivity index (χ2v) is 16.1. The fourth-order valence-electron chi connectivity index (χ4n) is 6.27. The van der Waals surface area contributed by atoms with Gasteiger partial charge in [0.2, 0.25) is 0 Å². The van der Waals surface area contributed by atoms with Crippen LogP contribution in [0.1, 0.15) is 16.7 Å². The molecule has 0 amide bonds. The molecule has 0 heterocycles. The van der Waals surface area contributed by atoms with Gasteiger partial charge in [0.15, 0.2) is 0 Å². The average Bonchev–Trinajstić information content (AvgIpc) is 3.26. The first kappa shape index (κ1) is 42.3. The number of rotatable bonds is 18. The normalized spacial score (nSPS) is 11.8. The summed E-state index contributed by atoms with van der Waals surface area (Å²) >= 11 is 5.10. The number of benzene rings is 6. The van der Waals surface area contributed by atoms with Crippen molar-refractivity contribution in [1.29, 1.82) is 0 Å². The molecular weight excluding hydrogens is 777 g/mol. The van der Waals surface area contributed by atoms with Gasteiger partial charge in [0.1, 0.15) is 17.2 Å². The van der Waals surface area contributed by atoms with Crippen LogP contribution in [0, 0.1) is 0 Å². The highest BCUT2D eigenvalue weighted by Gasteiger charge is 2.08. The zero-order valence-electron chi connectivity index (χ0n) is 33.0. The Morgan fingerprint density at radius 2 is 0.655 bits per heavy atom. The molecule has 0 fully saturated rings. The molecule has 0 aliphatic carbocycles. The first-order chi connectivity index (χ1) is 28.3. The van der Waals surface area contributed by atoms with E-state index in [9.17, 15) is 15.3 Å². The van der Waals surface area contributed by atoms with Crippen molar-refractivity contribution in [2.45, 2.75) is 14.7 Å². The minimum absolute atomic E-state index is 0.185. The van der Waals surface area contributed by atoms with Gasteiger partial charge in [0, 0.05) is 69.7 Å². The quantitative estimate of drug-likeness (QED) is 0.0586. The van der Waals surface area contributed by atoms with Gasteiger partial charge >= 0.3 is 0 Å². The van der Waals surface area contributed by atoms with Crippen LogP contribution in [0.3, 0.4) is 0 Å². The number of hydrogen-bond donors (Lipinski definition) is 3. The van der Waals surface area contributed by atoms with E-state index in [4.69, 9.17) is 0 Å². The Balaban J connectivity index is 1.08. The Hall–Kier alpha value is -5.26. The number of phenolic OH excluding ortho intramolecular Hbond substituents is 3. The molecule has 10 heteroatoms. The van der Waals surface area contributed by atoms with Crippen molar-refractivity contribution in [3.63, 3.8) is 0 Å². The van der Waals surface area contributed by atoms with Crippen LogP contribution in [-0.2, 0) is 0 Å². The van der Waals surface area contributed by atoms with Crippen molar-refractivity contribution in [3.05, 3.63) is 144 Å². The smallest absolute Gasteiger partial charge is 0.124 e. The minimum Gasteiger partial charge on any atom is -0.507 e. The van der Waals surface area contributed by atoms with E-state index in [2.05, 4.69) is 111 Å². The monoisotopic (exact) mass is 824 g/mol. The summed E-state index contributed by atoms with van der Waals surface area (Å²) in [6.45, 7) is 3.54. The van der Waals surface area contributed by atoms with E-state index < -0.39 is 0 Å². The third-order valence-electron chi connectivity index (χ3n) is 9.69. The van der Waals surface area contributed by atoms with Gasteiger partial charge in [-0.1, -0.05) is 54.6 Å². The Kier molecular flexibility index (Phi) is 15.7. The van der Waals surface area contributed by atoms with Crippen LogP contribution in [0.25, 0.3) is 33.4 Å². The topological polar surface area (TPSA) is 101 Å². The summed E-state index contributed by atoms with van der Waals surface area (Å²) in [5, 5.41) is 32.4. The largest absolute Gasteiger partial charge is 0.507 e. The molecule has 296 valence electrons. The lowest BCUT2D eigenvalue weighted by molar-refractivity contribution is 0.298. The van der Waals surface area contributed by atoms with Crippen LogP contribution < -0.4 is 0 Å². The number of nitrogens with zero attached hydrogens (tertiary/aromatic N) is 4. The third-order valence-corrected chi connectivity index (χ3v) is 11.9. The second kappa shape index (κ2) is 21.5. The molecule has 6 rings (SSSR count). The zero-order valence-corrected chi connectivity index (χ0v) is 35.4. The molecule has 0 spiro atoms. The Labute approximate surface area is 354 Å². The molecule has 6 aromatic rings. The van der Waals surface area contributed by atoms with E-state index in [1.54, 1.807) is 72.1 Å². The van der Waals surface area contributed by atoms with E-state index in [0.717, 1.165) is 33.4 Å². The molecule has 0 aliphatic rings. The predicted octanol–water partition coefficient (Wildman–Crippen LogP) is 10.9. The van der Waals surface area contributed by atoms with Crippen molar-refractivity contribution < 1.29 is 15.3 Å². The molecule has 3 N–H and O–H groups in total. The molecule has 0 saturated heterocycles. The third kappa shape index (κ3) is 11.9. The molecule has 58 heavy (non-hydrogen) atoms. The highest BCUT2D eigenvalue weighted by atomic mass is 32.2. The molecule has 7 nitrogen and oxygen atoms in total. The van der Waals surface area contributed by atoms with Crippen molar-refractivity contribution in [3.8, 4) is 50.6 Å². The molecular formula is C48H48N4O3S3. The van der Waals surface area contributed by atoms with Gasteiger partial charge in [-0.15, -0.1) is 35.3 Å². The van der Waals surface area contributed by atoms with E-state index >= 15 is 0 Å². The summed E-state index contributed by atoms with van der Waals surface area (Å²) < 4.78 is 0. The number of thioether (sulfide) groups is 3. The number of phenols is 3. The summed E-state index contributed by atoms with van der Waals surface area (Å²) in [6, 6.07) is 41.9. The number of aromatic hydroxyl groups is 3. The fourth-order valence-corrected chi connectivity index (χ4v) is 7.49. The van der Waals surface area contributed by atoms with Gasteiger partial charge in [-0.25, -0.2) is 0 Å². The van der Waals surface area contributed by atoms with Gasteiger partial charge in [-0.05, 0) is 125 Å². The van der Waals surface area contributed by atoms with Gasteiger partial charge in [-0.3, -0.25) is 19.9 Å². The van der Waals surface area contributed by atoms with Crippen LogP contribution in [-0.4, -0.2) is 96.9 Å². The molecule has 0 aliphatic heterocycles. The average molecular weight is 825 g/mol. The van der Waals surface area contributed by atoms with E-state index in [0.29, 0.717) is 56.0 Å². The summed E-state index contributed by atoms with van der Waals surface area (Å²) in [5.74, 6) is 0.556. The first-order valence-corrected chi connectivity index (χ1v) is 22.6. The predicted molar refractivity (Wildman–Crippen MR) is 250 cm³/mol. The Bertz CT molecular complexity index is 2080. The summed E-state index contributed by atoms with van der Waals surface area (Å²) in [6.07, 6.45) is 11.3. The fraction of sp³-hybridized carbons (Fsp3) is 0.188. The maximum absolute atomic E-state index is 10.8. The van der Waals surface area contributed by atoms with Crippen molar-refractivity contribution in [1.82, 2.24) is 4.90 Å². The standard InChI is InChI=1S/C48H48N4O3S3/c1-56-43-16-10-34(11-17-43)37-4-7-40(46(53)28-37)31-49-22-25-52(26-23-50-32-41-8-5-38(29-47(41)54)35-12-18-44(57-2)19-13-35)27-24-51-33-42-9-6-39(30-48(42)55)36-14-20-45(58-3)21-15-36/h4-21,28-33,53-55H,22-27H2,1-3H3. The number of hydrogen-bond acceptors (Lipinski definition) is 10. The lowest BCUT2D eigenvalue weighted by Crippen LogP contribution is -2.31. The van der Waals surface area contributed by atoms with Gasteiger partial charge in [0.25, 0.3) is 0 Å². The summed E-state index contributed by atoms with van der Waals surface area (Å²) in [4.78, 5) is 19.8. The van der Waals surface area contributed by atoms with E-state index in [1.165, 1.54) is 14.7 Å². The maximum atomic E-state index is 10.8. The summed E-state index contributed by atoms with van der Waals surface area (Å²) in [5.41, 5.74) is 7.98.